The van der Waals surface area contributed by atoms with Gasteiger partial charge in [0.05, 0.1) is 12.6 Å². The quantitative estimate of drug-likeness (QED) is 0.944. The summed E-state index contributed by atoms with van der Waals surface area (Å²) < 4.78 is 1.63. The van der Waals surface area contributed by atoms with Crippen LogP contribution in [-0.2, 0) is 13.6 Å². The van der Waals surface area contributed by atoms with Gasteiger partial charge in [-0.15, -0.1) is 5.10 Å². The van der Waals surface area contributed by atoms with Gasteiger partial charge in [-0.05, 0) is 30.9 Å². The number of aryl methyl sites for hydroxylation is 2. The van der Waals surface area contributed by atoms with Crippen molar-refractivity contribution in [1.82, 2.24) is 25.2 Å². The minimum Gasteiger partial charge on any atom is -0.332 e. The number of carbonyl (C=O) groups excluding carboxylic acids is 1. The molecule has 2 heterocycles. The maximum atomic E-state index is 12.5. The predicted octanol–water partition coefficient (Wildman–Crippen LogP) is 2.17. The van der Waals surface area contributed by atoms with Gasteiger partial charge in [0.15, 0.2) is 0 Å². The molecule has 0 saturated carbocycles. The molecule has 2 amide bonds. The van der Waals surface area contributed by atoms with E-state index in [0.29, 0.717) is 6.54 Å². The highest BCUT2D eigenvalue weighted by Crippen LogP contribution is 2.33. The molecule has 1 N–H and O–H groups in total. The first-order valence-electron chi connectivity index (χ1n) is 7.60. The van der Waals surface area contributed by atoms with Crippen LogP contribution in [0.5, 0.6) is 0 Å². The molecule has 6 heteroatoms. The first kappa shape index (κ1) is 14.6. The number of benzene rings is 1. The van der Waals surface area contributed by atoms with Crippen LogP contribution in [0, 0.1) is 6.92 Å². The summed E-state index contributed by atoms with van der Waals surface area (Å²) in [6, 6.07) is 8.43. The largest absolute Gasteiger partial charge is 0.332 e. The normalized spacial score (nSPS) is 17.7. The highest BCUT2D eigenvalue weighted by molar-refractivity contribution is 5.75. The first-order valence-corrected chi connectivity index (χ1v) is 7.60. The Bertz CT molecular complexity index is 666. The van der Waals surface area contributed by atoms with Crippen LogP contribution in [0.15, 0.2) is 30.5 Å². The lowest BCUT2D eigenvalue weighted by atomic mass is 9.99. The van der Waals surface area contributed by atoms with Gasteiger partial charge in [0, 0.05) is 19.8 Å². The van der Waals surface area contributed by atoms with Crippen molar-refractivity contribution in [3.8, 4) is 0 Å². The SMILES string of the molecule is Cc1ccccc1C1CCCN1C(=O)NCc1cn(C)nn1. The van der Waals surface area contributed by atoms with Gasteiger partial charge in [-0.2, -0.15) is 0 Å². The van der Waals surface area contributed by atoms with Gasteiger partial charge >= 0.3 is 6.03 Å². The molecule has 22 heavy (non-hydrogen) atoms. The van der Waals surface area contributed by atoms with Crippen molar-refractivity contribution in [2.75, 3.05) is 6.54 Å². The van der Waals surface area contributed by atoms with E-state index in [1.165, 1.54) is 11.1 Å². The average molecular weight is 299 g/mol. The lowest BCUT2D eigenvalue weighted by molar-refractivity contribution is 0.192. The van der Waals surface area contributed by atoms with E-state index < -0.39 is 0 Å². The molecule has 1 aliphatic heterocycles. The lowest BCUT2D eigenvalue weighted by Gasteiger charge is -2.26. The molecule has 6 nitrogen and oxygen atoms in total. The molecule has 3 rings (SSSR count). The molecule has 0 aliphatic carbocycles. The summed E-state index contributed by atoms with van der Waals surface area (Å²) in [6.45, 7) is 3.30. The summed E-state index contributed by atoms with van der Waals surface area (Å²) in [5, 5.41) is 10.8. The predicted molar refractivity (Wildman–Crippen MR) is 83.1 cm³/mol. The van der Waals surface area contributed by atoms with Crippen molar-refractivity contribution in [1.29, 1.82) is 0 Å². The third-order valence-electron chi connectivity index (χ3n) is 4.13. The molecular formula is C16H21N5O. The number of urea groups is 1. The Morgan fingerprint density at radius 1 is 1.41 bits per heavy atom. The minimum absolute atomic E-state index is 0.0311. The summed E-state index contributed by atoms with van der Waals surface area (Å²) >= 11 is 0. The van der Waals surface area contributed by atoms with Crippen molar-refractivity contribution in [2.24, 2.45) is 7.05 Å². The molecule has 1 unspecified atom stereocenters. The van der Waals surface area contributed by atoms with E-state index in [-0.39, 0.29) is 12.1 Å². The molecule has 1 saturated heterocycles. The fourth-order valence-electron chi connectivity index (χ4n) is 3.04. The average Bonchev–Trinajstić information content (AvgIpc) is 3.14. The zero-order chi connectivity index (χ0) is 15.5. The Labute approximate surface area is 130 Å². The van der Waals surface area contributed by atoms with E-state index >= 15 is 0 Å². The van der Waals surface area contributed by atoms with Crippen molar-refractivity contribution in [3.63, 3.8) is 0 Å². The number of rotatable bonds is 3. The summed E-state index contributed by atoms with van der Waals surface area (Å²) in [5.41, 5.74) is 3.25. The zero-order valence-corrected chi connectivity index (χ0v) is 13.0. The Balaban J connectivity index is 1.67. The first-order chi connectivity index (χ1) is 10.6. The molecule has 1 aromatic carbocycles. The van der Waals surface area contributed by atoms with Crippen molar-refractivity contribution >= 4 is 6.03 Å². The van der Waals surface area contributed by atoms with E-state index in [1.807, 2.05) is 30.3 Å². The van der Waals surface area contributed by atoms with Gasteiger partial charge in [0.1, 0.15) is 5.69 Å². The molecule has 0 spiro atoms. The molecule has 1 atom stereocenters. The molecule has 0 bridgehead atoms. The summed E-state index contributed by atoms with van der Waals surface area (Å²) in [5.74, 6) is 0. The Kier molecular flexibility index (Phi) is 4.09. The van der Waals surface area contributed by atoms with Crippen LogP contribution in [-0.4, -0.2) is 32.5 Å². The van der Waals surface area contributed by atoms with Crippen LogP contribution in [0.4, 0.5) is 4.79 Å². The molecule has 116 valence electrons. The number of hydrogen-bond acceptors (Lipinski definition) is 3. The number of carbonyl (C=O) groups is 1. The topological polar surface area (TPSA) is 63.1 Å². The van der Waals surface area contributed by atoms with E-state index in [4.69, 9.17) is 0 Å². The van der Waals surface area contributed by atoms with Gasteiger partial charge in [0.25, 0.3) is 0 Å². The van der Waals surface area contributed by atoms with Gasteiger partial charge in [-0.1, -0.05) is 29.5 Å². The zero-order valence-electron chi connectivity index (χ0n) is 13.0. The van der Waals surface area contributed by atoms with Crippen LogP contribution in [0.3, 0.4) is 0 Å². The Morgan fingerprint density at radius 3 is 2.95 bits per heavy atom. The molecule has 1 aromatic heterocycles. The third kappa shape index (κ3) is 2.95. The molecule has 1 fully saturated rings. The Morgan fingerprint density at radius 2 is 2.23 bits per heavy atom. The number of hydrogen-bond donors (Lipinski definition) is 1. The second-order valence-electron chi connectivity index (χ2n) is 5.75. The maximum absolute atomic E-state index is 12.5. The molecule has 2 aromatic rings. The summed E-state index contributed by atoms with van der Waals surface area (Å²) in [7, 11) is 1.81. The highest BCUT2D eigenvalue weighted by Gasteiger charge is 2.30. The van der Waals surface area contributed by atoms with Gasteiger partial charge in [0.2, 0.25) is 0 Å². The maximum Gasteiger partial charge on any atom is 0.318 e. The van der Waals surface area contributed by atoms with E-state index in [0.717, 1.165) is 25.1 Å². The summed E-state index contributed by atoms with van der Waals surface area (Å²) in [4.78, 5) is 14.4. The van der Waals surface area contributed by atoms with Crippen molar-refractivity contribution in [3.05, 3.63) is 47.3 Å². The second kappa shape index (κ2) is 6.17. The standard InChI is InChI=1S/C16H21N5O/c1-12-6-3-4-7-14(12)15-8-5-9-21(15)16(22)17-10-13-11-20(2)19-18-13/h3-4,6-7,11,15H,5,8-10H2,1-2H3,(H,17,22). The third-order valence-corrected chi connectivity index (χ3v) is 4.13. The van der Waals surface area contributed by atoms with E-state index in [9.17, 15) is 4.79 Å². The van der Waals surface area contributed by atoms with Crippen LogP contribution < -0.4 is 5.32 Å². The number of amides is 2. The molecular weight excluding hydrogens is 278 g/mol. The van der Waals surface area contributed by atoms with Crippen LogP contribution in [0.25, 0.3) is 0 Å². The minimum atomic E-state index is -0.0311. The fraction of sp³-hybridized carbons (Fsp3) is 0.438. The second-order valence-corrected chi connectivity index (χ2v) is 5.75. The van der Waals surface area contributed by atoms with Crippen LogP contribution in [0.2, 0.25) is 0 Å². The van der Waals surface area contributed by atoms with Crippen LogP contribution in [0.1, 0.15) is 35.7 Å². The summed E-state index contributed by atoms with van der Waals surface area (Å²) in [6.07, 6.45) is 3.87. The van der Waals surface area contributed by atoms with Crippen molar-refractivity contribution in [2.45, 2.75) is 32.4 Å². The van der Waals surface area contributed by atoms with Crippen LogP contribution >= 0.6 is 0 Å². The fourth-order valence-corrected chi connectivity index (χ4v) is 3.04. The van der Waals surface area contributed by atoms with E-state index in [2.05, 4.69) is 34.7 Å². The monoisotopic (exact) mass is 299 g/mol. The number of nitrogens with one attached hydrogen (secondary N) is 1. The number of nitrogens with zero attached hydrogens (tertiary/aromatic N) is 4. The smallest absolute Gasteiger partial charge is 0.318 e. The molecule has 1 aliphatic rings. The lowest BCUT2D eigenvalue weighted by Crippen LogP contribution is -2.39. The number of aromatic nitrogens is 3. The highest BCUT2D eigenvalue weighted by atomic mass is 16.2. The number of likely N-dealkylation sites (tertiary alicyclic amines) is 1. The van der Waals surface area contributed by atoms with Crippen molar-refractivity contribution < 1.29 is 4.79 Å². The Hall–Kier alpha value is -2.37. The van der Waals surface area contributed by atoms with Gasteiger partial charge < -0.3 is 10.2 Å². The van der Waals surface area contributed by atoms with E-state index in [1.54, 1.807) is 4.68 Å². The van der Waals surface area contributed by atoms with Gasteiger partial charge in [-0.25, -0.2) is 4.79 Å². The molecule has 0 radical (unpaired) electrons. The van der Waals surface area contributed by atoms with Gasteiger partial charge in [-0.3, -0.25) is 4.68 Å².